The number of hydrogen-bond donors (Lipinski definition) is 3. The number of nitrogens with zero attached hydrogens (tertiary/aromatic N) is 2. The van der Waals surface area contributed by atoms with Crippen LogP contribution in [0.1, 0.15) is 25.5 Å². The second-order valence-electron chi connectivity index (χ2n) is 5.52. The zero-order valence-electron chi connectivity index (χ0n) is 12.7. The van der Waals surface area contributed by atoms with Crippen LogP contribution >= 0.6 is 0 Å². The fourth-order valence-corrected chi connectivity index (χ4v) is 2.13. The number of nitrogens with one attached hydrogen (secondary N) is 3. The minimum absolute atomic E-state index is 0.0917. The first-order valence-corrected chi connectivity index (χ1v) is 7.35. The van der Waals surface area contributed by atoms with E-state index >= 15 is 0 Å². The molecule has 1 heterocycles. The Morgan fingerprint density at radius 1 is 1.18 bits per heavy atom. The first kappa shape index (κ1) is 14.3. The number of anilines is 4. The van der Waals surface area contributed by atoms with Gasteiger partial charge in [-0.2, -0.15) is 4.98 Å². The average molecular weight is 297 g/mol. The standard InChI is InChI=1S/C16H19N5O/c1-10-8-15(21-16(17-10)20-12-6-7-12)19-14-5-3-4-13(9-14)18-11(2)22/h3-5,8-9,12H,6-7H2,1-2H3,(H,18,22)(H2,17,19,20,21). The number of carbonyl (C=O) groups excluding carboxylic acids is 1. The lowest BCUT2D eigenvalue weighted by Gasteiger charge is -2.10. The van der Waals surface area contributed by atoms with Crippen LogP contribution in [0.2, 0.25) is 0 Å². The molecular formula is C16H19N5O. The predicted octanol–water partition coefficient (Wildman–Crippen LogP) is 3.06. The van der Waals surface area contributed by atoms with Crippen LogP contribution in [0.3, 0.4) is 0 Å². The summed E-state index contributed by atoms with van der Waals surface area (Å²) in [5.74, 6) is 1.30. The molecule has 0 spiro atoms. The zero-order valence-corrected chi connectivity index (χ0v) is 12.7. The van der Waals surface area contributed by atoms with E-state index < -0.39 is 0 Å². The molecule has 1 aromatic heterocycles. The summed E-state index contributed by atoms with van der Waals surface area (Å²) in [4.78, 5) is 20.0. The number of rotatable bonds is 5. The number of amides is 1. The van der Waals surface area contributed by atoms with E-state index in [2.05, 4.69) is 25.9 Å². The summed E-state index contributed by atoms with van der Waals surface area (Å²) in [6.07, 6.45) is 2.36. The lowest BCUT2D eigenvalue weighted by atomic mass is 10.2. The zero-order chi connectivity index (χ0) is 15.5. The van der Waals surface area contributed by atoms with Crippen LogP contribution in [0.15, 0.2) is 30.3 Å². The molecule has 6 nitrogen and oxygen atoms in total. The van der Waals surface area contributed by atoms with Gasteiger partial charge in [0.2, 0.25) is 11.9 Å². The monoisotopic (exact) mass is 297 g/mol. The van der Waals surface area contributed by atoms with Crippen LogP contribution in [0, 0.1) is 6.92 Å². The minimum Gasteiger partial charge on any atom is -0.351 e. The van der Waals surface area contributed by atoms with Crippen molar-refractivity contribution in [2.75, 3.05) is 16.0 Å². The Morgan fingerprint density at radius 2 is 1.95 bits per heavy atom. The van der Waals surface area contributed by atoms with Gasteiger partial charge in [-0.3, -0.25) is 4.79 Å². The molecule has 6 heteroatoms. The first-order chi connectivity index (χ1) is 10.6. The largest absolute Gasteiger partial charge is 0.351 e. The minimum atomic E-state index is -0.0917. The third-order valence-corrected chi connectivity index (χ3v) is 3.22. The van der Waals surface area contributed by atoms with Crippen LogP contribution < -0.4 is 16.0 Å². The van der Waals surface area contributed by atoms with Gasteiger partial charge in [0.15, 0.2) is 0 Å². The molecule has 1 aromatic carbocycles. The van der Waals surface area contributed by atoms with E-state index in [1.54, 1.807) is 0 Å². The van der Waals surface area contributed by atoms with Gasteiger partial charge in [-0.25, -0.2) is 4.98 Å². The smallest absolute Gasteiger partial charge is 0.225 e. The van der Waals surface area contributed by atoms with Crippen LogP contribution in [0.4, 0.5) is 23.1 Å². The molecule has 3 rings (SSSR count). The Bertz CT molecular complexity index is 697. The maximum absolute atomic E-state index is 11.1. The Labute approximate surface area is 129 Å². The molecule has 1 saturated carbocycles. The molecule has 0 atom stereocenters. The van der Waals surface area contributed by atoms with Gasteiger partial charge in [-0.15, -0.1) is 0 Å². The molecular weight excluding hydrogens is 278 g/mol. The Morgan fingerprint density at radius 3 is 2.68 bits per heavy atom. The van der Waals surface area contributed by atoms with E-state index in [0.717, 1.165) is 22.9 Å². The van der Waals surface area contributed by atoms with Crippen LogP contribution in [0.5, 0.6) is 0 Å². The van der Waals surface area contributed by atoms with E-state index in [1.165, 1.54) is 19.8 Å². The van der Waals surface area contributed by atoms with Gasteiger partial charge in [0.05, 0.1) is 0 Å². The summed E-state index contributed by atoms with van der Waals surface area (Å²) in [6.45, 7) is 3.43. The summed E-state index contributed by atoms with van der Waals surface area (Å²) in [5, 5.41) is 9.32. The van der Waals surface area contributed by atoms with Crippen molar-refractivity contribution in [3.8, 4) is 0 Å². The van der Waals surface area contributed by atoms with E-state index in [-0.39, 0.29) is 5.91 Å². The first-order valence-electron chi connectivity index (χ1n) is 7.35. The summed E-state index contributed by atoms with van der Waals surface area (Å²) < 4.78 is 0. The Kier molecular flexibility index (Phi) is 3.91. The molecule has 0 radical (unpaired) electrons. The molecule has 3 N–H and O–H groups in total. The van der Waals surface area contributed by atoms with Crippen molar-refractivity contribution in [1.29, 1.82) is 0 Å². The number of aryl methyl sites for hydroxylation is 1. The van der Waals surface area contributed by atoms with Crippen molar-refractivity contribution in [2.45, 2.75) is 32.7 Å². The molecule has 1 amide bonds. The van der Waals surface area contributed by atoms with E-state index in [0.29, 0.717) is 12.0 Å². The van der Waals surface area contributed by atoms with E-state index in [1.807, 2.05) is 37.3 Å². The van der Waals surface area contributed by atoms with Gasteiger partial charge >= 0.3 is 0 Å². The van der Waals surface area contributed by atoms with Gasteiger partial charge in [0, 0.05) is 36.1 Å². The second-order valence-corrected chi connectivity index (χ2v) is 5.52. The van der Waals surface area contributed by atoms with Gasteiger partial charge in [0.25, 0.3) is 0 Å². The third-order valence-electron chi connectivity index (χ3n) is 3.22. The highest BCUT2D eigenvalue weighted by Gasteiger charge is 2.22. The van der Waals surface area contributed by atoms with Crippen molar-refractivity contribution in [2.24, 2.45) is 0 Å². The quantitative estimate of drug-likeness (QED) is 0.790. The summed E-state index contributed by atoms with van der Waals surface area (Å²) in [6, 6.07) is 9.92. The van der Waals surface area contributed by atoms with Gasteiger partial charge in [-0.05, 0) is 38.0 Å². The summed E-state index contributed by atoms with van der Waals surface area (Å²) in [5.41, 5.74) is 2.51. The number of aromatic nitrogens is 2. The van der Waals surface area contributed by atoms with Crippen LogP contribution in [0.25, 0.3) is 0 Å². The molecule has 0 saturated heterocycles. The predicted molar refractivity (Wildman–Crippen MR) is 87.4 cm³/mol. The van der Waals surface area contributed by atoms with Gasteiger partial charge < -0.3 is 16.0 Å². The number of benzene rings is 1. The maximum atomic E-state index is 11.1. The molecule has 1 aliphatic rings. The van der Waals surface area contributed by atoms with Crippen molar-refractivity contribution in [3.63, 3.8) is 0 Å². The fraction of sp³-hybridized carbons (Fsp3) is 0.312. The molecule has 0 bridgehead atoms. The molecule has 0 aliphatic heterocycles. The fourth-order valence-electron chi connectivity index (χ4n) is 2.13. The lowest BCUT2D eigenvalue weighted by molar-refractivity contribution is -0.114. The summed E-state index contributed by atoms with van der Waals surface area (Å²) >= 11 is 0. The van der Waals surface area contributed by atoms with E-state index in [4.69, 9.17) is 0 Å². The molecule has 2 aromatic rings. The number of carbonyl (C=O) groups is 1. The highest BCUT2D eigenvalue weighted by atomic mass is 16.1. The highest BCUT2D eigenvalue weighted by molar-refractivity contribution is 5.89. The maximum Gasteiger partial charge on any atom is 0.225 e. The topological polar surface area (TPSA) is 78.9 Å². The van der Waals surface area contributed by atoms with Crippen molar-refractivity contribution in [3.05, 3.63) is 36.0 Å². The van der Waals surface area contributed by atoms with E-state index in [9.17, 15) is 4.79 Å². The molecule has 22 heavy (non-hydrogen) atoms. The Balaban J connectivity index is 1.77. The average Bonchev–Trinajstić information content (AvgIpc) is 3.21. The van der Waals surface area contributed by atoms with Crippen molar-refractivity contribution in [1.82, 2.24) is 9.97 Å². The normalized spacial score (nSPS) is 13.5. The molecule has 1 fully saturated rings. The summed E-state index contributed by atoms with van der Waals surface area (Å²) in [7, 11) is 0. The SMILES string of the molecule is CC(=O)Nc1cccc(Nc2cc(C)nc(NC3CC3)n2)c1. The number of hydrogen-bond acceptors (Lipinski definition) is 5. The van der Waals surface area contributed by atoms with Crippen LogP contribution in [-0.2, 0) is 4.79 Å². The highest BCUT2D eigenvalue weighted by Crippen LogP contribution is 2.25. The molecule has 1 aliphatic carbocycles. The van der Waals surface area contributed by atoms with Crippen molar-refractivity contribution >= 4 is 29.0 Å². The molecule has 114 valence electrons. The second kappa shape index (κ2) is 6.01. The van der Waals surface area contributed by atoms with Crippen molar-refractivity contribution < 1.29 is 4.79 Å². The van der Waals surface area contributed by atoms with Crippen LogP contribution in [-0.4, -0.2) is 21.9 Å². The Hall–Kier alpha value is -2.63. The van der Waals surface area contributed by atoms with Gasteiger partial charge in [-0.1, -0.05) is 6.07 Å². The lowest BCUT2D eigenvalue weighted by Crippen LogP contribution is -2.08. The third kappa shape index (κ3) is 3.94. The van der Waals surface area contributed by atoms with Gasteiger partial charge in [0.1, 0.15) is 5.82 Å². The molecule has 0 unspecified atom stereocenters.